The van der Waals surface area contributed by atoms with Gasteiger partial charge in [0.15, 0.2) is 5.82 Å². The van der Waals surface area contributed by atoms with Crippen LogP contribution in [0, 0.1) is 5.92 Å². The highest BCUT2D eigenvalue weighted by Gasteiger charge is 2.25. The first-order chi connectivity index (χ1) is 17.1. The van der Waals surface area contributed by atoms with E-state index in [4.69, 9.17) is 5.73 Å². The Labute approximate surface area is 202 Å². The zero-order valence-corrected chi connectivity index (χ0v) is 19.0. The highest BCUT2D eigenvalue weighted by molar-refractivity contribution is 6.01. The molecule has 9 heteroatoms. The number of anilines is 2. The average molecular weight is 468 g/mol. The van der Waals surface area contributed by atoms with E-state index < -0.39 is 5.91 Å². The zero-order valence-electron chi connectivity index (χ0n) is 19.0. The molecule has 9 nitrogen and oxygen atoms in total. The van der Waals surface area contributed by atoms with E-state index in [1.54, 1.807) is 16.9 Å². The topological polar surface area (TPSA) is 119 Å². The van der Waals surface area contributed by atoms with E-state index in [1.807, 2.05) is 71.6 Å². The summed E-state index contributed by atoms with van der Waals surface area (Å²) in [4.78, 5) is 35.6. The minimum absolute atomic E-state index is 0.0529. The number of nitrogens with two attached hydrogens (primary N) is 1. The average Bonchev–Trinajstić information content (AvgIpc) is 3.36. The van der Waals surface area contributed by atoms with Crippen LogP contribution in [0.15, 0.2) is 79.0 Å². The molecule has 3 N–H and O–H groups in total. The number of nitrogens with zero attached hydrogens (tertiary/aromatic N) is 5. The van der Waals surface area contributed by atoms with Crippen LogP contribution in [-0.4, -0.2) is 44.7 Å². The van der Waals surface area contributed by atoms with Crippen LogP contribution in [0.4, 0.5) is 11.5 Å². The third-order valence-corrected chi connectivity index (χ3v) is 6.00. The van der Waals surface area contributed by atoms with Gasteiger partial charge in [-0.05, 0) is 37.1 Å². The molecule has 1 unspecified atom stereocenters. The smallest absolute Gasteiger partial charge is 0.295 e. The maximum absolute atomic E-state index is 13.0. The highest BCUT2D eigenvalue weighted by Crippen LogP contribution is 2.24. The summed E-state index contributed by atoms with van der Waals surface area (Å²) in [7, 11) is 0. The predicted octanol–water partition coefficient (Wildman–Crippen LogP) is 3.28. The van der Waals surface area contributed by atoms with E-state index in [0.29, 0.717) is 18.1 Å². The number of primary amides is 1. The van der Waals surface area contributed by atoms with Crippen molar-refractivity contribution in [1.82, 2.24) is 19.7 Å². The standard InChI is InChI=1S/C26H25N7O2/c27-23(34)19-10-7-15-32(17-19)22-14-13-20(16-28-22)29-26(35)24-30-25(18-8-3-1-4-9-18)33(31-24)21-11-5-2-6-12-21/h1-6,8-9,11-14,16,19H,7,10,15,17H2,(H2,27,34)(H,29,35). The van der Waals surface area contributed by atoms with Crippen LogP contribution in [0.5, 0.6) is 0 Å². The van der Waals surface area contributed by atoms with Crippen LogP contribution in [0.3, 0.4) is 0 Å². The molecule has 2 amide bonds. The number of carbonyl (C=O) groups excluding carboxylic acids is 2. The normalized spacial score (nSPS) is 15.5. The molecule has 0 radical (unpaired) electrons. The Hall–Kier alpha value is -4.53. The Morgan fingerprint density at radius 1 is 0.971 bits per heavy atom. The number of aromatic nitrogens is 4. The summed E-state index contributed by atoms with van der Waals surface area (Å²) < 4.78 is 1.66. The largest absolute Gasteiger partial charge is 0.369 e. The number of amides is 2. The first-order valence-electron chi connectivity index (χ1n) is 11.5. The second kappa shape index (κ2) is 9.76. The molecule has 0 saturated carbocycles. The van der Waals surface area contributed by atoms with Gasteiger partial charge in [0.1, 0.15) is 5.82 Å². The van der Waals surface area contributed by atoms with E-state index in [1.165, 1.54) is 0 Å². The molecule has 1 aliphatic rings. The molecule has 0 aliphatic carbocycles. The van der Waals surface area contributed by atoms with E-state index in [2.05, 4.69) is 20.4 Å². The van der Waals surface area contributed by atoms with E-state index in [-0.39, 0.29) is 17.6 Å². The number of carbonyl (C=O) groups is 2. The van der Waals surface area contributed by atoms with E-state index >= 15 is 0 Å². The second-order valence-electron chi connectivity index (χ2n) is 8.42. The molecule has 2 aromatic carbocycles. The quantitative estimate of drug-likeness (QED) is 0.449. The van der Waals surface area contributed by atoms with Crippen LogP contribution in [0.1, 0.15) is 23.5 Å². The number of piperidine rings is 1. The third kappa shape index (κ3) is 4.89. The van der Waals surface area contributed by atoms with Gasteiger partial charge in [-0.15, -0.1) is 5.10 Å². The molecule has 1 saturated heterocycles. The molecule has 35 heavy (non-hydrogen) atoms. The molecule has 4 aromatic rings. The molecule has 3 heterocycles. The lowest BCUT2D eigenvalue weighted by Gasteiger charge is -2.32. The van der Waals surface area contributed by atoms with Crippen molar-refractivity contribution in [3.8, 4) is 17.1 Å². The lowest BCUT2D eigenvalue weighted by Crippen LogP contribution is -2.41. The molecule has 0 bridgehead atoms. The Bertz CT molecular complexity index is 1260. The third-order valence-electron chi connectivity index (χ3n) is 6.00. The lowest BCUT2D eigenvalue weighted by molar-refractivity contribution is -0.122. The molecule has 0 spiro atoms. The molecule has 176 valence electrons. The number of para-hydroxylation sites is 1. The number of nitrogens with one attached hydrogen (secondary N) is 1. The molecular formula is C26H25N7O2. The van der Waals surface area contributed by atoms with Crippen molar-refractivity contribution in [3.63, 3.8) is 0 Å². The number of hydrogen-bond acceptors (Lipinski definition) is 6. The van der Waals surface area contributed by atoms with Gasteiger partial charge in [0.05, 0.1) is 23.5 Å². The van der Waals surface area contributed by atoms with Gasteiger partial charge < -0.3 is 16.0 Å². The first-order valence-corrected chi connectivity index (χ1v) is 11.5. The molecule has 5 rings (SSSR count). The Balaban J connectivity index is 1.35. The van der Waals surface area contributed by atoms with Gasteiger partial charge in [-0.2, -0.15) is 0 Å². The van der Waals surface area contributed by atoms with Crippen LogP contribution in [-0.2, 0) is 4.79 Å². The zero-order chi connectivity index (χ0) is 24.2. The fourth-order valence-electron chi connectivity index (χ4n) is 4.18. The van der Waals surface area contributed by atoms with Gasteiger partial charge >= 0.3 is 0 Å². The monoisotopic (exact) mass is 467 g/mol. The van der Waals surface area contributed by atoms with Crippen LogP contribution >= 0.6 is 0 Å². The highest BCUT2D eigenvalue weighted by atomic mass is 16.2. The first kappa shape index (κ1) is 22.3. The predicted molar refractivity (Wildman–Crippen MR) is 133 cm³/mol. The molecule has 1 fully saturated rings. The van der Waals surface area contributed by atoms with Crippen molar-refractivity contribution in [2.45, 2.75) is 12.8 Å². The maximum Gasteiger partial charge on any atom is 0.295 e. The van der Waals surface area contributed by atoms with Gasteiger partial charge in [0.25, 0.3) is 5.91 Å². The van der Waals surface area contributed by atoms with Crippen LogP contribution in [0.25, 0.3) is 17.1 Å². The fourth-order valence-corrected chi connectivity index (χ4v) is 4.18. The van der Waals surface area contributed by atoms with Crippen LogP contribution in [0.2, 0.25) is 0 Å². The number of hydrogen-bond donors (Lipinski definition) is 2. The number of rotatable bonds is 6. The van der Waals surface area contributed by atoms with Crippen molar-refractivity contribution in [2.75, 3.05) is 23.3 Å². The summed E-state index contributed by atoms with van der Waals surface area (Å²) in [6.45, 7) is 1.36. The maximum atomic E-state index is 13.0. The Morgan fingerprint density at radius 3 is 2.40 bits per heavy atom. The SMILES string of the molecule is NC(=O)C1CCCN(c2ccc(NC(=O)c3nc(-c4ccccc4)n(-c4ccccc4)n3)cn2)C1. The van der Waals surface area contributed by atoms with Gasteiger partial charge in [-0.25, -0.2) is 14.6 Å². The van der Waals surface area contributed by atoms with E-state index in [9.17, 15) is 9.59 Å². The second-order valence-corrected chi connectivity index (χ2v) is 8.42. The van der Waals surface area contributed by atoms with Gasteiger partial charge in [0, 0.05) is 18.7 Å². The number of pyridine rings is 1. The Kier molecular flexibility index (Phi) is 6.21. The van der Waals surface area contributed by atoms with E-state index in [0.717, 1.165) is 36.5 Å². The lowest BCUT2D eigenvalue weighted by atomic mass is 9.97. The summed E-state index contributed by atoms with van der Waals surface area (Å²) in [5.41, 5.74) is 7.67. The van der Waals surface area contributed by atoms with Crippen molar-refractivity contribution in [2.24, 2.45) is 11.7 Å². The molecular weight excluding hydrogens is 442 g/mol. The summed E-state index contributed by atoms with van der Waals surface area (Å²) in [5, 5.41) is 7.32. The van der Waals surface area contributed by atoms with Crippen molar-refractivity contribution in [3.05, 3.63) is 84.8 Å². The van der Waals surface area contributed by atoms with Gasteiger partial charge in [-0.1, -0.05) is 48.5 Å². The van der Waals surface area contributed by atoms with Crippen molar-refractivity contribution < 1.29 is 9.59 Å². The van der Waals surface area contributed by atoms with Crippen molar-refractivity contribution >= 4 is 23.3 Å². The van der Waals surface area contributed by atoms with Crippen LogP contribution < -0.4 is 16.0 Å². The van der Waals surface area contributed by atoms with Gasteiger partial charge in [0.2, 0.25) is 11.7 Å². The molecule has 1 aliphatic heterocycles. The van der Waals surface area contributed by atoms with Gasteiger partial charge in [-0.3, -0.25) is 9.59 Å². The number of benzene rings is 2. The summed E-state index contributed by atoms with van der Waals surface area (Å²) in [6.07, 6.45) is 3.27. The fraction of sp³-hybridized carbons (Fsp3) is 0.192. The van der Waals surface area contributed by atoms with Crippen molar-refractivity contribution in [1.29, 1.82) is 0 Å². The minimum atomic E-state index is -0.432. The minimum Gasteiger partial charge on any atom is -0.369 e. The molecule has 2 aromatic heterocycles. The Morgan fingerprint density at radius 2 is 1.71 bits per heavy atom. The summed E-state index contributed by atoms with van der Waals surface area (Å²) >= 11 is 0. The summed E-state index contributed by atoms with van der Waals surface area (Å²) in [5.74, 6) is 0.483. The molecule has 1 atom stereocenters. The summed E-state index contributed by atoms with van der Waals surface area (Å²) in [6, 6.07) is 22.8.